The summed E-state index contributed by atoms with van der Waals surface area (Å²) in [7, 11) is 0. The number of carbonyl (C=O) groups excluding carboxylic acids is 8. The number of aliphatic hydroxyl groups is 1. The lowest BCUT2D eigenvalue weighted by Crippen LogP contribution is -2.61. The van der Waals surface area contributed by atoms with Crippen LogP contribution in [0.4, 0.5) is 0 Å². The maximum atomic E-state index is 13.7. The minimum absolute atomic E-state index is 0.0765. The number of carboxylic acid groups (broad SMARTS) is 1. The van der Waals surface area contributed by atoms with Crippen molar-refractivity contribution < 1.29 is 53.4 Å². The third-order valence-electron chi connectivity index (χ3n) is 8.12. The van der Waals surface area contributed by atoms with Gasteiger partial charge < -0.3 is 58.5 Å². The summed E-state index contributed by atoms with van der Waals surface area (Å²) < 4.78 is 0. The minimum Gasteiger partial charge on any atom is -0.481 e. The van der Waals surface area contributed by atoms with Gasteiger partial charge in [0.15, 0.2) is 0 Å². The zero-order valence-corrected chi connectivity index (χ0v) is 31.6. The number of aliphatic hydroxyl groups excluding tert-OH is 1. The molecule has 0 aromatic heterocycles. The molecule has 306 valence electrons. The van der Waals surface area contributed by atoms with Crippen LogP contribution in [-0.2, 0) is 49.6 Å². The second-order valence-corrected chi connectivity index (χ2v) is 13.1. The van der Waals surface area contributed by atoms with Crippen LogP contribution in [0.3, 0.4) is 0 Å². The van der Waals surface area contributed by atoms with Gasteiger partial charge in [0.2, 0.25) is 47.3 Å². The Morgan fingerprint density at radius 3 is 1.44 bits per heavy atom. The molecule has 0 aliphatic carbocycles. The average molecular weight is 778 g/mol. The lowest BCUT2D eigenvalue weighted by atomic mass is 9.86. The van der Waals surface area contributed by atoms with Crippen molar-refractivity contribution in [3.8, 4) is 0 Å². The molecule has 0 heterocycles. The number of nitrogens with one attached hydrogen (secondary N) is 8. The van der Waals surface area contributed by atoms with E-state index in [9.17, 15) is 53.4 Å². The van der Waals surface area contributed by atoms with E-state index >= 15 is 0 Å². The predicted octanol–water partition coefficient (Wildman–Crippen LogP) is -3.70. The molecule has 1 unspecified atom stereocenters. The molecule has 0 bridgehead atoms. The molecule has 55 heavy (non-hydrogen) atoms. The molecule has 0 saturated carbocycles. The van der Waals surface area contributed by atoms with Crippen molar-refractivity contribution >= 4 is 53.2 Å². The lowest BCUT2D eigenvalue weighted by molar-refractivity contribution is -0.140. The first-order chi connectivity index (χ1) is 25.9. The quantitative estimate of drug-likeness (QED) is 0.0428. The summed E-state index contributed by atoms with van der Waals surface area (Å²) in [4.78, 5) is 113. The Hall–Kier alpha value is -5.63. The van der Waals surface area contributed by atoms with Crippen molar-refractivity contribution in [2.24, 2.45) is 11.1 Å². The second-order valence-electron chi connectivity index (χ2n) is 13.1. The topological polar surface area (TPSA) is 316 Å². The molecule has 0 spiro atoms. The Bertz CT molecular complexity index is 1480. The van der Waals surface area contributed by atoms with Crippen LogP contribution in [0.2, 0.25) is 0 Å². The first kappa shape index (κ1) is 47.4. The van der Waals surface area contributed by atoms with E-state index in [4.69, 9.17) is 5.73 Å². The molecule has 20 nitrogen and oxygen atoms in total. The molecule has 1 aromatic rings. The van der Waals surface area contributed by atoms with Gasteiger partial charge in [0, 0.05) is 65.7 Å². The Labute approximate surface area is 319 Å². The van der Waals surface area contributed by atoms with Crippen LogP contribution < -0.4 is 48.3 Å². The van der Waals surface area contributed by atoms with Gasteiger partial charge in [0.05, 0.1) is 13.0 Å². The standard InChI is InChI=1S/C35H55N9O11/c1-21(46)41-26(12-8-9-13-36)31(52)37-17-35(20-40-34(55)29(16-45)44-24(4)49,19-39-33(54)28(15-30(50)51)43-23(3)48)18-38-32(53)27(42-22(2)47)14-25-10-6-5-7-11-25/h5-7,10-11,26-29,45H,8-9,12-20,36H2,1-4H3,(H,37,52)(H,38,53)(H,39,54)(H,40,55)(H,41,46)(H,42,47)(H,43,48)(H,44,49)(H,50,51)/t26-,27-,28-,29-,35?/m0/s1. The van der Waals surface area contributed by atoms with Crippen LogP contribution in [0, 0.1) is 5.41 Å². The number of nitrogens with two attached hydrogens (primary N) is 1. The maximum Gasteiger partial charge on any atom is 0.305 e. The zero-order chi connectivity index (χ0) is 41.6. The highest BCUT2D eigenvalue weighted by Gasteiger charge is 2.36. The minimum atomic E-state index is -1.57. The molecular weight excluding hydrogens is 722 g/mol. The van der Waals surface area contributed by atoms with Crippen molar-refractivity contribution in [3.05, 3.63) is 35.9 Å². The van der Waals surface area contributed by atoms with E-state index in [1.807, 2.05) is 0 Å². The fourth-order valence-corrected chi connectivity index (χ4v) is 5.35. The van der Waals surface area contributed by atoms with Gasteiger partial charge in [-0.15, -0.1) is 0 Å². The molecule has 0 radical (unpaired) electrons. The van der Waals surface area contributed by atoms with E-state index < -0.39 is 122 Å². The largest absolute Gasteiger partial charge is 0.481 e. The van der Waals surface area contributed by atoms with Crippen LogP contribution in [0.1, 0.15) is 58.9 Å². The van der Waals surface area contributed by atoms with E-state index in [-0.39, 0.29) is 12.8 Å². The van der Waals surface area contributed by atoms with Crippen LogP contribution in [0.15, 0.2) is 30.3 Å². The van der Waals surface area contributed by atoms with Gasteiger partial charge in [0.1, 0.15) is 24.2 Å². The highest BCUT2D eigenvalue weighted by atomic mass is 16.4. The van der Waals surface area contributed by atoms with Crippen molar-refractivity contribution in [2.45, 2.75) is 84.0 Å². The maximum absolute atomic E-state index is 13.7. The zero-order valence-electron chi connectivity index (χ0n) is 31.6. The number of carbonyl (C=O) groups is 9. The van der Waals surface area contributed by atoms with E-state index in [1.54, 1.807) is 30.3 Å². The summed E-state index contributed by atoms with van der Waals surface area (Å²) in [6.45, 7) is 2.46. The van der Waals surface area contributed by atoms with E-state index in [1.165, 1.54) is 13.8 Å². The van der Waals surface area contributed by atoms with Gasteiger partial charge in [-0.3, -0.25) is 43.2 Å². The highest BCUT2D eigenvalue weighted by Crippen LogP contribution is 2.16. The molecule has 0 fully saturated rings. The Morgan fingerprint density at radius 2 is 1.00 bits per heavy atom. The Kier molecular flexibility index (Phi) is 21.2. The SMILES string of the molecule is CC(=O)N[C@@H](CO)C(=O)NCC(CNC(=O)[C@H](CCCCN)NC(C)=O)(CNC(=O)[C@H](CC(=O)O)NC(C)=O)CNC(=O)[C@H](Cc1ccccc1)NC(C)=O. The fourth-order valence-electron chi connectivity index (χ4n) is 5.35. The van der Waals surface area contributed by atoms with Crippen LogP contribution >= 0.6 is 0 Å². The van der Waals surface area contributed by atoms with Gasteiger partial charge in [-0.25, -0.2) is 0 Å². The van der Waals surface area contributed by atoms with Crippen molar-refractivity contribution in [1.82, 2.24) is 42.5 Å². The van der Waals surface area contributed by atoms with Crippen molar-refractivity contribution in [1.29, 1.82) is 0 Å². The first-order valence-electron chi connectivity index (χ1n) is 17.7. The molecule has 8 amide bonds. The third kappa shape index (κ3) is 19.3. The van der Waals surface area contributed by atoms with Crippen LogP contribution in [0.5, 0.6) is 0 Å². The van der Waals surface area contributed by atoms with Gasteiger partial charge in [-0.1, -0.05) is 30.3 Å². The van der Waals surface area contributed by atoms with E-state index in [0.717, 1.165) is 13.8 Å². The first-order valence-corrected chi connectivity index (χ1v) is 17.7. The van der Waals surface area contributed by atoms with Crippen LogP contribution in [0.25, 0.3) is 0 Å². The lowest BCUT2D eigenvalue weighted by Gasteiger charge is -2.36. The van der Waals surface area contributed by atoms with Crippen LogP contribution in [-0.4, -0.2) is 127 Å². The Balaban J connectivity index is 3.66. The summed E-state index contributed by atoms with van der Waals surface area (Å²) in [6, 6.07) is 3.72. The highest BCUT2D eigenvalue weighted by molar-refractivity contribution is 5.91. The molecule has 0 saturated heterocycles. The van der Waals surface area contributed by atoms with Crippen molar-refractivity contribution in [2.75, 3.05) is 39.3 Å². The summed E-state index contributed by atoms with van der Waals surface area (Å²) >= 11 is 0. The van der Waals surface area contributed by atoms with Gasteiger partial charge in [-0.05, 0) is 31.4 Å². The normalized spacial score (nSPS) is 13.9. The molecule has 20 heteroatoms. The summed E-state index contributed by atoms with van der Waals surface area (Å²) in [6.07, 6.45) is 0.528. The van der Waals surface area contributed by atoms with Gasteiger partial charge in [-0.2, -0.15) is 0 Å². The summed E-state index contributed by atoms with van der Waals surface area (Å²) in [5.41, 5.74) is 4.74. The third-order valence-corrected chi connectivity index (χ3v) is 8.12. The van der Waals surface area contributed by atoms with Gasteiger partial charge in [0.25, 0.3) is 0 Å². The number of hydrogen-bond acceptors (Lipinski definition) is 11. The molecule has 12 N–H and O–H groups in total. The fraction of sp³-hybridized carbons (Fsp3) is 0.571. The van der Waals surface area contributed by atoms with Gasteiger partial charge >= 0.3 is 5.97 Å². The number of unbranched alkanes of at least 4 members (excludes halogenated alkanes) is 1. The number of hydrogen-bond donors (Lipinski definition) is 11. The Morgan fingerprint density at radius 1 is 0.600 bits per heavy atom. The number of amides is 8. The molecule has 0 aliphatic rings. The molecule has 5 atom stereocenters. The van der Waals surface area contributed by atoms with E-state index in [2.05, 4.69) is 42.5 Å². The smallest absolute Gasteiger partial charge is 0.305 e. The molecular formula is C35H55N9O11. The molecule has 1 aromatic carbocycles. The summed E-state index contributed by atoms with van der Waals surface area (Å²) in [5.74, 6) is -6.90. The monoisotopic (exact) mass is 777 g/mol. The van der Waals surface area contributed by atoms with Crippen molar-refractivity contribution in [3.63, 3.8) is 0 Å². The summed E-state index contributed by atoms with van der Waals surface area (Å²) in [5, 5.41) is 39.4. The van der Waals surface area contributed by atoms with E-state index in [0.29, 0.717) is 24.9 Å². The second kappa shape index (κ2) is 24.6. The molecule has 1 rings (SSSR count). The number of rotatable bonds is 25. The number of carboxylic acids is 1. The number of benzene rings is 1. The predicted molar refractivity (Wildman–Crippen MR) is 197 cm³/mol. The average Bonchev–Trinajstić information content (AvgIpc) is 3.11. The molecule has 0 aliphatic heterocycles. The number of aliphatic carboxylic acids is 1.